The van der Waals surface area contributed by atoms with Gasteiger partial charge in [-0.2, -0.15) is 0 Å². The van der Waals surface area contributed by atoms with E-state index in [1.165, 1.54) is 4.90 Å². The van der Waals surface area contributed by atoms with Crippen molar-refractivity contribution in [2.75, 3.05) is 57.1 Å². The third-order valence-corrected chi connectivity index (χ3v) is 13.1. The summed E-state index contributed by atoms with van der Waals surface area (Å²) in [6.45, 7) is 4.05. The highest BCUT2D eigenvalue weighted by atomic mass is 32.2. The van der Waals surface area contributed by atoms with Crippen LogP contribution in [0.2, 0.25) is 0 Å². The van der Waals surface area contributed by atoms with Crippen LogP contribution in [0.25, 0.3) is 0 Å². The molecule has 20 heteroatoms. The second-order valence-corrected chi connectivity index (χ2v) is 18.2. The fourth-order valence-corrected chi connectivity index (χ4v) is 9.75. The van der Waals surface area contributed by atoms with Crippen molar-refractivity contribution in [3.8, 4) is 11.5 Å². The number of rotatable bonds is 17. The molecule has 3 aromatic rings. The maximum atomic E-state index is 13.7. The quantitative estimate of drug-likeness (QED) is 0.0761. The van der Waals surface area contributed by atoms with Crippen molar-refractivity contribution in [1.82, 2.24) is 15.1 Å². The molecule has 18 nitrogen and oxygen atoms in total. The number of anilines is 2. The first-order valence-electron chi connectivity index (χ1n) is 22.1. The number of nitrogens with one attached hydrogen (secondary N) is 1. The van der Waals surface area contributed by atoms with Crippen molar-refractivity contribution in [1.29, 1.82) is 0 Å². The van der Waals surface area contributed by atoms with Gasteiger partial charge in [-0.3, -0.25) is 0 Å². The number of esters is 6. The molecule has 0 radical (unpaired) electrons. The zero-order valence-corrected chi connectivity index (χ0v) is 39.2. The topological polar surface area (TPSA) is 198 Å². The molecule has 5 aliphatic rings. The minimum atomic E-state index is -3.20. The molecule has 358 valence electrons. The number of piperazine rings is 1. The number of ether oxygens (including phenoxy) is 8. The number of fused-ring (bicyclic) bond motifs is 3. The maximum absolute atomic E-state index is 13.7. The molecule has 5 aliphatic heterocycles. The summed E-state index contributed by atoms with van der Waals surface area (Å²) in [6, 6.07) is 21.2. The Morgan fingerprint density at radius 3 is 1.78 bits per heavy atom. The Kier molecular flexibility index (Phi) is 14.8. The minimum absolute atomic E-state index is 0.164. The summed E-state index contributed by atoms with van der Waals surface area (Å²) in [7, 11) is 0. The van der Waals surface area contributed by atoms with Crippen LogP contribution >= 0.6 is 23.5 Å². The van der Waals surface area contributed by atoms with Crippen LogP contribution in [0, 0.1) is 0 Å². The lowest BCUT2D eigenvalue weighted by atomic mass is 10.1. The van der Waals surface area contributed by atoms with E-state index in [1.54, 1.807) is 47.8 Å². The summed E-state index contributed by atoms with van der Waals surface area (Å²) in [4.78, 5) is 89.0. The highest BCUT2D eigenvalue weighted by molar-refractivity contribution is 8.00. The van der Waals surface area contributed by atoms with Gasteiger partial charge in [0.25, 0.3) is 0 Å². The second kappa shape index (κ2) is 20.9. The highest BCUT2D eigenvalue weighted by Crippen LogP contribution is 2.52. The molecule has 1 saturated heterocycles. The molecule has 0 amide bonds. The van der Waals surface area contributed by atoms with Crippen LogP contribution in [0.1, 0.15) is 39.5 Å². The van der Waals surface area contributed by atoms with Crippen LogP contribution in [-0.4, -0.2) is 122 Å². The Morgan fingerprint density at radius 2 is 1.18 bits per heavy atom. The first-order chi connectivity index (χ1) is 32.8. The molecule has 0 unspecified atom stereocenters. The van der Waals surface area contributed by atoms with Crippen LogP contribution in [-0.2, 0) is 57.2 Å². The third-order valence-electron chi connectivity index (χ3n) is 11.2. The van der Waals surface area contributed by atoms with Gasteiger partial charge >= 0.3 is 53.5 Å². The van der Waals surface area contributed by atoms with Gasteiger partial charge in [0.05, 0.1) is 18.0 Å². The number of thioether (sulfide) groups is 1. The number of unbranched alkanes of at least 4 members (excludes halogenated alkanes) is 2. The second-order valence-electron chi connectivity index (χ2n) is 16.2. The summed E-state index contributed by atoms with van der Waals surface area (Å²) in [5.74, 6) is -14.9. The van der Waals surface area contributed by atoms with Gasteiger partial charge in [0.1, 0.15) is 24.7 Å². The molecule has 0 aliphatic carbocycles. The lowest BCUT2D eigenvalue weighted by molar-refractivity contribution is -0.515. The Balaban J connectivity index is 1.13. The summed E-state index contributed by atoms with van der Waals surface area (Å²) in [6.07, 6.45) is 9.76. The van der Waals surface area contributed by atoms with E-state index in [0.717, 1.165) is 93.2 Å². The van der Waals surface area contributed by atoms with Crippen molar-refractivity contribution < 1.29 is 66.7 Å². The Hall–Kier alpha value is -6.32. The lowest BCUT2D eigenvalue weighted by Crippen LogP contribution is -2.87. The average Bonchev–Trinajstić information content (AvgIpc) is 3.65. The zero-order valence-electron chi connectivity index (χ0n) is 37.5. The van der Waals surface area contributed by atoms with E-state index in [0.29, 0.717) is 24.1 Å². The fourth-order valence-electron chi connectivity index (χ4n) is 8.24. The van der Waals surface area contributed by atoms with Crippen molar-refractivity contribution in [2.45, 2.75) is 78.0 Å². The monoisotopic (exact) mass is 970 g/mol. The first-order valence-corrected chi connectivity index (χ1v) is 24.1. The standard InChI is InChI=1S/C48H50N4O14S2/c1-32(2)49-24-7-4-8-28-59-33-12-14-34(15-13-33)60-29-27-52-46(61-40(53)18-19-41(54)62-46)31-50(47(63-42(55)20-21-43(56)64-47)48(52)65-44(57)22-23-45(58)66-48)25-9-26-51-36-10-5-6-11-38(36)68-39-17-16-35(67-3)30-37(39)51/h5-6,10-23,30,32,49H,4,7-9,24-29,31H2,1-3H3. The van der Waals surface area contributed by atoms with Gasteiger partial charge in [0, 0.05) is 76.8 Å². The highest BCUT2D eigenvalue weighted by Gasteiger charge is 2.81. The van der Waals surface area contributed by atoms with E-state index in [1.807, 2.05) is 42.7 Å². The third kappa shape index (κ3) is 10.4. The number of hydrogen-bond donors (Lipinski definition) is 1. The number of hydrogen-bond acceptors (Lipinski definition) is 20. The molecule has 1 N–H and O–H groups in total. The van der Waals surface area contributed by atoms with Crippen LogP contribution in [0.15, 0.2) is 118 Å². The average molecular weight is 971 g/mol. The smallest absolute Gasteiger partial charge is 0.426 e. The normalized spacial score (nSPS) is 19.3. The molecular formula is C48H50N4O14S2. The Bertz CT molecular complexity index is 2450. The molecule has 5 heterocycles. The van der Waals surface area contributed by atoms with Crippen LogP contribution < -0.4 is 19.7 Å². The van der Waals surface area contributed by atoms with E-state index < -0.39 is 66.6 Å². The van der Waals surface area contributed by atoms with E-state index in [4.69, 9.17) is 37.9 Å². The number of carbonyl (C=O) groups excluding carboxylic acids is 6. The fraction of sp³-hybridized carbons (Fsp3) is 0.375. The molecular weight excluding hydrogens is 921 g/mol. The lowest BCUT2D eigenvalue weighted by Gasteiger charge is -2.60. The van der Waals surface area contributed by atoms with Crippen LogP contribution in [0.5, 0.6) is 11.5 Å². The molecule has 8 rings (SSSR count). The van der Waals surface area contributed by atoms with Gasteiger partial charge in [-0.25, -0.2) is 33.7 Å². The Labute approximate surface area is 400 Å². The van der Waals surface area contributed by atoms with Gasteiger partial charge < -0.3 is 48.1 Å². The largest absolute Gasteiger partial charge is 0.494 e. The molecule has 1 fully saturated rings. The van der Waals surface area contributed by atoms with Gasteiger partial charge in [-0.15, -0.1) is 16.7 Å². The number of carbonyl (C=O) groups is 6. The number of nitrogens with zero attached hydrogens (tertiary/aromatic N) is 3. The van der Waals surface area contributed by atoms with Gasteiger partial charge in [0.2, 0.25) is 0 Å². The molecule has 0 atom stereocenters. The first kappa shape index (κ1) is 48.1. The van der Waals surface area contributed by atoms with E-state index in [2.05, 4.69) is 30.1 Å². The Morgan fingerprint density at radius 1 is 0.618 bits per heavy atom. The van der Waals surface area contributed by atoms with Gasteiger partial charge in [-0.1, -0.05) is 37.7 Å². The summed E-state index contributed by atoms with van der Waals surface area (Å²) < 4.78 is 47.9. The van der Waals surface area contributed by atoms with E-state index in [-0.39, 0.29) is 26.1 Å². The summed E-state index contributed by atoms with van der Waals surface area (Å²) in [5, 5.41) is 3.40. The van der Waals surface area contributed by atoms with Crippen LogP contribution in [0.4, 0.5) is 11.4 Å². The molecule has 0 saturated carbocycles. The summed E-state index contributed by atoms with van der Waals surface area (Å²) in [5.41, 5.74) is 1.83. The van der Waals surface area contributed by atoms with E-state index >= 15 is 0 Å². The van der Waals surface area contributed by atoms with Crippen molar-refractivity contribution >= 4 is 70.7 Å². The SMILES string of the molecule is CSc1ccc2c(c1)N(CCCN1CC3(OC(=O)C=CC(=O)O3)N(CCOc3ccc(OCCCCCNC(C)C)cc3)C3(OC(=O)C=CC(=O)O3)C13OC(=O)C=CC(=O)O3)c1ccccc1S2. The number of benzene rings is 3. The number of para-hydroxylation sites is 1. The maximum Gasteiger partial charge on any atom is 0.426 e. The van der Waals surface area contributed by atoms with E-state index in [9.17, 15) is 28.8 Å². The van der Waals surface area contributed by atoms with Crippen LogP contribution in [0.3, 0.4) is 0 Å². The molecule has 3 aromatic carbocycles. The van der Waals surface area contributed by atoms with Gasteiger partial charge in [0.15, 0.2) is 0 Å². The molecule has 3 spiro atoms. The van der Waals surface area contributed by atoms with Crippen molar-refractivity contribution in [2.24, 2.45) is 0 Å². The van der Waals surface area contributed by atoms with Crippen molar-refractivity contribution in [3.63, 3.8) is 0 Å². The zero-order chi connectivity index (χ0) is 47.9. The minimum Gasteiger partial charge on any atom is -0.494 e. The molecule has 68 heavy (non-hydrogen) atoms. The van der Waals surface area contributed by atoms with Gasteiger partial charge in [-0.05, 0) is 93.1 Å². The molecule has 0 bridgehead atoms. The predicted octanol–water partition coefficient (Wildman–Crippen LogP) is 5.58. The van der Waals surface area contributed by atoms with Crippen molar-refractivity contribution in [3.05, 3.63) is 103 Å². The predicted molar refractivity (Wildman–Crippen MR) is 245 cm³/mol. The summed E-state index contributed by atoms with van der Waals surface area (Å²) >= 11 is 3.21. The molecule has 0 aromatic heterocycles.